The van der Waals surface area contributed by atoms with E-state index in [1.807, 2.05) is 20.8 Å². The molecule has 4 nitrogen and oxygen atoms in total. The molecule has 0 spiro atoms. The largest absolute Gasteiger partial charge is 0.475 e. The number of rotatable bonds is 2. The van der Waals surface area contributed by atoms with Crippen molar-refractivity contribution in [3.05, 3.63) is 17.3 Å². The van der Waals surface area contributed by atoms with Gasteiger partial charge in [0, 0.05) is 11.3 Å². The molecule has 1 N–H and O–H groups in total. The molecule has 0 radical (unpaired) electrons. The van der Waals surface area contributed by atoms with Crippen molar-refractivity contribution in [3.63, 3.8) is 0 Å². The molecule has 0 bridgehead atoms. The van der Waals surface area contributed by atoms with E-state index >= 15 is 0 Å². The lowest BCUT2D eigenvalue weighted by atomic mass is 9.89. The van der Waals surface area contributed by atoms with E-state index in [9.17, 15) is 9.90 Å². The van der Waals surface area contributed by atoms with Gasteiger partial charge < -0.3 is 9.52 Å². The van der Waals surface area contributed by atoms with Gasteiger partial charge in [0.15, 0.2) is 5.89 Å². The van der Waals surface area contributed by atoms with E-state index < -0.39 is 5.97 Å². The van der Waals surface area contributed by atoms with Gasteiger partial charge in [-0.2, -0.15) is 0 Å². The highest BCUT2D eigenvalue weighted by Crippen LogP contribution is 2.35. The lowest BCUT2D eigenvalue weighted by Gasteiger charge is -2.18. The first-order valence-electron chi connectivity index (χ1n) is 6.64. The number of oxazole rings is 1. The first-order chi connectivity index (χ1) is 8.39. The van der Waals surface area contributed by atoms with E-state index in [2.05, 4.69) is 4.98 Å². The molecular weight excluding hydrogens is 230 g/mol. The van der Waals surface area contributed by atoms with Gasteiger partial charge in [-0.05, 0) is 12.8 Å². The van der Waals surface area contributed by atoms with Gasteiger partial charge in [-0.3, -0.25) is 0 Å². The smallest absolute Gasteiger partial charge is 0.373 e. The fourth-order valence-electron chi connectivity index (χ4n) is 2.51. The van der Waals surface area contributed by atoms with Gasteiger partial charge in [-0.25, -0.2) is 9.78 Å². The lowest BCUT2D eigenvalue weighted by Crippen LogP contribution is -2.16. The number of hydrogen-bond acceptors (Lipinski definition) is 3. The van der Waals surface area contributed by atoms with Crippen LogP contribution in [0.25, 0.3) is 0 Å². The highest BCUT2D eigenvalue weighted by molar-refractivity contribution is 5.86. The lowest BCUT2D eigenvalue weighted by molar-refractivity contribution is 0.0655. The van der Waals surface area contributed by atoms with Gasteiger partial charge in [0.05, 0.1) is 5.69 Å². The molecular formula is C14H21NO3. The third-order valence-corrected chi connectivity index (χ3v) is 3.50. The van der Waals surface area contributed by atoms with E-state index in [1.54, 1.807) is 0 Å². The Bertz CT molecular complexity index is 436. The van der Waals surface area contributed by atoms with Crippen LogP contribution in [0, 0.1) is 0 Å². The molecule has 0 unspecified atom stereocenters. The normalized spacial score (nSPS) is 17.9. The molecule has 0 atom stereocenters. The Hall–Kier alpha value is -1.32. The van der Waals surface area contributed by atoms with Crippen LogP contribution in [0.3, 0.4) is 0 Å². The number of hydrogen-bond donors (Lipinski definition) is 1. The van der Waals surface area contributed by atoms with Gasteiger partial charge in [0.1, 0.15) is 0 Å². The molecule has 1 heterocycles. The molecule has 1 fully saturated rings. The second-order valence-electron chi connectivity index (χ2n) is 6.12. The van der Waals surface area contributed by atoms with Crippen molar-refractivity contribution in [2.45, 2.75) is 64.2 Å². The van der Waals surface area contributed by atoms with Crippen molar-refractivity contribution in [1.29, 1.82) is 0 Å². The Kier molecular flexibility index (Phi) is 3.46. The summed E-state index contributed by atoms with van der Waals surface area (Å²) in [5, 5.41) is 9.21. The van der Waals surface area contributed by atoms with E-state index in [4.69, 9.17) is 4.42 Å². The zero-order chi connectivity index (χ0) is 13.3. The molecule has 2 rings (SSSR count). The summed E-state index contributed by atoms with van der Waals surface area (Å²) in [5.41, 5.74) is 0.264. The average molecular weight is 251 g/mol. The Balaban J connectivity index is 2.35. The SMILES string of the molecule is CC(C)(C)c1nc(C2CCCCC2)oc1C(=O)O. The molecule has 4 heteroatoms. The standard InChI is InChI=1S/C14H21NO3/c1-14(2,3)11-10(13(16)17)18-12(15-11)9-7-5-4-6-8-9/h9H,4-8H2,1-3H3,(H,16,17). The fourth-order valence-corrected chi connectivity index (χ4v) is 2.51. The van der Waals surface area contributed by atoms with Crippen molar-refractivity contribution < 1.29 is 14.3 Å². The summed E-state index contributed by atoms with van der Waals surface area (Å²) in [6.07, 6.45) is 5.74. The summed E-state index contributed by atoms with van der Waals surface area (Å²) < 4.78 is 5.53. The minimum absolute atomic E-state index is 0.0167. The second kappa shape index (κ2) is 4.75. The van der Waals surface area contributed by atoms with Crippen LogP contribution >= 0.6 is 0 Å². The van der Waals surface area contributed by atoms with Gasteiger partial charge in [-0.15, -0.1) is 0 Å². The summed E-state index contributed by atoms with van der Waals surface area (Å²) in [6, 6.07) is 0. The predicted molar refractivity (Wildman–Crippen MR) is 68.0 cm³/mol. The van der Waals surface area contributed by atoms with Crippen LogP contribution in [0.2, 0.25) is 0 Å². The summed E-state index contributed by atoms with van der Waals surface area (Å²) in [7, 11) is 0. The zero-order valence-corrected chi connectivity index (χ0v) is 11.3. The van der Waals surface area contributed by atoms with Crippen molar-refractivity contribution in [1.82, 2.24) is 4.98 Å². The van der Waals surface area contributed by atoms with Gasteiger partial charge in [0.2, 0.25) is 5.76 Å². The van der Waals surface area contributed by atoms with E-state index in [0.717, 1.165) is 12.8 Å². The molecule has 1 aromatic rings. The number of nitrogens with zero attached hydrogens (tertiary/aromatic N) is 1. The highest BCUT2D eigenvalue weighted by Gasteiger charge is 2.31. The van der Waals surface area contributed by atoms with E-state index in [0.29, 0.717) is 17.5 Å². The Morgan fingerprint density at radius 1 is 1.28 bits per heavy atom. The summed E-state index contributed by atoms with van der Waals surface area (Å²) in [5.74, 6) is -0.0810. The second-order valence-corrected chi connectivity index (χ2v) is 6.12. The van der Waals surface area contributed by atoms with Crippen LogP contribution < -0.4 is 0 Å². The van der Waals surface area contributed by atoms with Crippen LogP contribution in [0.15, 0.2) is 4.42 Å². The molecule has 100 valence electrons. The van der Waals surface area contributed by atoms with Crippen LogP contribution in [-0.4, -0.2) is 16.1 Å². The van der Waals surface area contributed by atoms with E-state index in [1.165, 1.54) is 19.3 Å². The van der Waals surface area contributed by atoms with E-state index in [-0.39, 0.29) is 11.2 Å². The van der Waals surface area contributed by atoms with Gasteiger partial charge in [-0.1, -0.05) is 40.0 Å². The molecule has 0 amide bonds. The summed E-state index contributed by atoms with van der Waals surface area (Å²) in [6.45, 7) is 5.88. The first kappa shape index (κ1) is 13.1. The molecule has 0 aromatic carbocycles. The number of aromatic nitrogens is 1. The minimum Gasteiger partial charge on any atom is -0.475 e. The monoisotopic (exact) mass is 251 g/mol. The first-order valence-corrected chi connectivity index (χ1v) is 6.64. The third-order valence-electron chi connectivity index (χ3n) is 3.50. The topological polar surface area (TPSA) is 63.3 Å². The Morgan fingerprint density at radius 2 is 1.89 bits per heavy atom. The molecule has 0 aliphatic heterocycles. The van der Waals surface area contributed by atoms with Crippen molar-refractivity contribution >= 4 is 5.97 Å². The Labute approximate surface area is 107 Å². The van der Waals surface area contributed by atoms with Crippen LogP contribution in [0.4, 0.5) is 0 Å². The van der Waals surface area contributed by atoms with Crippen LogP contribution in [-0.2, 0) is 5.41 Å². The minimum atomic E-state index is -1.02. The number of carboxylic acids is 1. The summed E-state index contributed by atoms with van der Waals surface area (Å²) in [4.78, 5) is 15.7. The maximum Gasteiger partial charge on any atom is 0.373 e. The maximum absolute atomic E-state index is 11.2. The Morgan fingerprint density at radius 3 is 2.33 bits per heavy atom. The fraction of sp³-hybridized carbons (Fsp3) is 0.714. The predicted octanol–water partition coefficient (Wildman–Crippen LogP) is 3.72. The van der Waals surface area contributed by atoms with Crippen molar-refractivity contribution in [2.75, 3.05) is 0 Å². The highest BCUT2D eigenvalue weighted by atomic mass is 16.4. The molecule has 0 saturated heterocycles. The molecule has 1 aromatic heterocycles. The quantitative estimate of drug-likeness (QED) is 0.870. The average Bonchev–Trinajstić information content (AvgIpc) is 2.74. The molecule has 1 aliphatic carbocycles. The molecule has 18 heavy (non-hydrogen) atoms. The summed E-state index contributed by atoms with van der Waals surface area (Å²) >= 11 is 0. The van der Waals surface area contributed by atoms with Crippen LogP contribution in [0.1, 0.15) is 80.9 Å². The molecule has 1 aliphatic rings. The van der Waals surface area contributed by atoms with Crippen LogP contribution in [0.5, 0.6) is 0 Å². The number of carboxylic acid groups (broad SMARTS) is 1. The van der Waals surface area contributed by atoms with Crippen molar-refractivity contribution in [2.24, 2.45) is 0 Å². The number of aromatic carboxylic acids is 1. The van der Waals surface area contributed by atoms with Crippen molar-refractivity contribution in [3.8, 4) is 0 Å². The van der Waals surface area contributed by atoms with Gasteiger partial charge >= 0.3 is 5.97 Å². The van der Waals surface area contributed by atoms with Gasteiger partial charge in [0.25, 0.3) is 0 Å². The maximum atomic E-state index is 11.2. The number of carbonyl (C=O) groups is 1. The zero-order valence-electron chi connectivity index (χ0n) is 11.3. The third kappa shape index (κ3) is 2.57. The molecule has 1 saturated carbocycles.